The van der Waals surface area contributed by atoms with Gasteiger partial charge in [0.05, 0.1) is 6.54 Å². The number of rotatable bonds is 3. The number of hydrogen-bond acceptors (Lipinski definition) is 3. The number of amides is 1. The molecule has 2 aliphatic heterocycles. The van der Waals surface area contributed by atoms with Gasteiger partial charge in [0.1, 0.15) is 0 Å². The van der Waals surface area contributed by atoms with Gasteiger partial charge in [0, 0.05) is 32.1 Å². The molecule has 2 aliphatic rings. The molecule has 0 aromatic carbocycles. The first-order valence-electron chi connectivity index (χ1n) is 6.67. The monoisotopic (exact) mass is 261 g/mol. The van der Waals surface area contributed by atoms with Gasteiger partial charge in [-0.3, -0.25) is 9.69 Å². The average molecular weight is 261 g/mol. The van der Waals surface area contributed by atoms with Crippen LogP contribution in [0.15, 0.2) is 0 Å². The van der Waals surface area contributed by atoms with Crippen LogP contribution < -0.4 is 5.32 Å². The molecule has 2 saturated heterocycles. The van der Waals surface area contributed by atoms with Crippen molar-refractivity contribution < 1.29 is 13.6 Å². The zero-order valence-electron chi connectivity index (χ0n) is 10.6. The highest BCUT2D eigenvalue weighted by Crippen LogP contribution is 2.16. The number of hydrogen-bond donors (Lipinski definition) is 1. The van der Waals surface area contributed by atoms with E-state index in [4.69, 9.17) is 0 Å². The molecule has 0 unspecified atom stereocenters. The highest BCUT2D eigenvalue weighted by atomic mass is 19.3. The van der Waals surface area contributed by atoms with Crippen molar-refractivity contribution in [3.05, 3.63) is 0 Å². The Morgan fingerprint density at radius 1 is 1.17 bits per heavy atom. The highest BCUT2D eigenvalue weighted by molar-refractivity contribution is 5.79. The molecule has 0 aliphatic carbocycles. The molecule has 104 valence electrons. The topological polar surface area (TPSA) is 35.6 Å². The summed E-state index contributed by atoms with van der Waals surface area (Å²) in [5.74, 6) is 0.348. The van der Waals surface area contributed by atoms with E-state index in [1.54, 1.807) is 4.90 Å². The zero-order chi connectivity index (χ0) is 13.0. The van der Waals surface area contributed by atoms with E-state index < -0.39 is 6.43 Å². The Labute approximate surface area is 106 Å². The molecule has 0 radical (unpaired) electrons. The summed E-state index contributed by atoms with van der Waals surface area (Å²) in [5, 5.41) is 3.24. The van der Waals surface area contributed by atoms with E-state index >= 15 is 0 Å². The molecule has 2 fully saturated rings. The fourth-order valence-electron chi connectivity index (χ4n) is 2.67. The summed E-state index contributed by atoms with van der Waals surface area (Å²) >= 11 is 0. The summed E-state index contributed by atoms with van der Waals surface area (Å²) in [6.07, 6.45) is -0.483. The quantitative estimate of drug-likeness (QED) is 0.798. The number of piperidine rings is 1. The van der Waals surface area contributed by atoms with Gasteiger partial charge in [-0.25, -0.2) is 8.78 Å². The number of nitrogens with one attached hydrogen (secondary N) is 1. The minimum absolute atomic E-state index is 0.132. The molecule has 4 nitrogen and oxygen atoms in total. The summed E-state index contributed by atoms with van der Waals surface area (Å²) < 4.78 is 24.5. The van der Waals surface area contributed by atoms with Crippen molar-refractivity contribution in [2.45, 2.75) is 19.3 Å². The molecule has 0 saturated carbocycles. The second kappa shape index (κ2) is 6.43. The molecule has 6 heteroatoms. The Hall–Kier alpha value is -0.750. The van der Waals surface area contributed by atoms with Crippen LogP contribution in [0.3, 0.4) is 0 Å². The lowest BCUT2D eigenvalue weighted by molar-refractivity contribution is -0.138. The van der Waals surface area contributed by atoms with Crippen LogP contribution in [0.2, 0.25) is 0 Å². The molecule has 18 heavy (non-hydrogen) atoms. The van der Waals surface area contributed by atoms with Crippen molar-refractivity contribution in [1.29, 1.82) is 0 Å². The highest BCUT2D eigenvalue weighted by Gasteiger charge is 2.28. The molecular formula is C12H21F2N3O. The predicted molar refractivity (Wildman–Crippen MR) is 64.6 cm³/mol. The fourth-order valence-corrected chi connectivity index (χ4v) is 2.67. The summed E-state index contributed by atoms with van der Waals surface area (Å²) in [7, 11) is 0. The lowest BCUT2D eigenvalue weighted by atomic mass is 9.96. The van der Waals surface area contributed by atoms with Crippen molar-refractivity contribution in [2.75, 3.05) is 45.8 Å². The molecular weight excluding hydrogens is 240 g/mol. The first-order chi connectivity index (χ1) is 8.66. The van der Waals surface area contributed by atoms with Crippen molar-refractivity contribution in [3.8, 4) is 0 Å². The van der Waals surface area contributed by atoms with Crippen LogP contribution in [0.25, 0.3) is 0 Å². The average Bonchev–Trinajstić information content (AvgIpc) is 2.39. The van der Waals surface area contributed by atoms with Crippen molar-refractivity contribution in [2.24, 2.45) is 5.92 Å². The van der Waals surface area contributed by atoms with E-state index in [1.807, 2.05) is 4.90 Å². The van der Waals surface area contributed by atoms with Gasteiger partial charge in [0.15, 0.2) is 0 Å². The first kappa shape index (κ1) is 13.7. The smallest absolute Gasteiger partial charge is 0.251 e. The normalized spacial score (nSPS) is 23.6. The van der Waals surface area contributed by atoms with Crippen LogP contribution in [0, 0.1) is 5.92 Å². The molecule has 2 heterocycles. The van der Waals surface area contributed by atoms with Crippen molar-refractivity contribution in [3.63, 3.8) is 0 Å². The second-order valence-electron chi connectivity index (χ2n) is 5.04. The van der Waals surface area contributed by atoms with Gasteiger partial charge < -0.3 is 10.2 Å². The Morgan fingerprint density at radius 3 is 2.33 bits per heavy atom. The Bertz CT molecular complexity index is 274. The van der Waals surface area contributed by atoms with Crippen LogP contribution in [0.5, 0.6) is 0 Å². The Kier molecular flexibility index (Phi) is 4.88. The fraction of sp³-hybridized carbons (Fsp3) is 0.917. The predicted octanol–water partition coefficient (Wildman–Crippen LogP) is 0.395. The van der Waals surface area contributed by atoms with Crippen LogP contribution in [0.1, 0.15) is 12.8 Å². The minimum atomic E-state index is -2.28. The summed E-state index contributed by atoms with van der Waals surface area (Å²) in [6, 6.07) is 0. The number of alkyl halides is 2. The molecule has 0 aromatic heterocycles. The largest absolute Gasteiger partial charge is 0.340 e. The van der Waals surface area contributed by atoms with E-state index in [1.165, 1.54) is 0 Å². The maximum Gasteiger partial charge on any atom is 0.251 e. The third-order valence-electron chi connectivity index (χ3n) is 3.77. The summed E-state index contributed by atoms with van der Waals surface area (Å²) in [4.78, 5) is 15.8. The number of carbonyl (C=O) groups is 1. The van der Waals surface area contributed by atoms with Crippen LogP contribution in [-0.4, -0.2) is 67.9 Å². The molecule has 0 aromatic rings. The van der Waals surface area contributed by atoms with Gasteiger partial charge in [-0.05, 0) is 25.9 Å². The molecule has 1 N–H and O–H groups in total. The van der Waals surface area contributed by atoms with E-state index in [9.17, 15) is 13.6 Å². The summed E-state index contributed by atoms with van der Waals surface area (Å²) in [5.41, 5.74) is 0. The van der Waals surface area contributed by atoms with Gasteiger partial charge in [0.25, 0.3) is 6.43 Å². The minimum Gasteiger partial charge on any atom is -0.340 e. The molecule has 0 atom stereocenters. The molecule has 0 bridgehead atoms. The molecule has 0 spiro atoms. The van der Waals surface area contributed by atoms with E-state index in [-0.39, 0.29) is 18.4 Å². The van der Waals surface area contributed by atoms with E-state index in [2.05, 4.69) is 5.32 Å². The first-order valence-corrected chi connectivity index (χ1v) is 6.67. The van der Waals surface area contributed by atoms with Crippen molar-refractivity contribution >= 4 is 5.91 Å². The van der Waals surface area contributed by atoms with Crippen LogP contribution in [0.4, 0.5) is 8.78 Å². The van der Waals surface area contributed by atoms with Gasteiger partial charge in [-0.1, -0.05) is 0 Å². The van der Waals surface area contributed by atoms with Gasteiger partial charge in [-0.15, -0.1) is 0 Å². The van der Waals surface area contributed by atoms with Crippen LogP contribution in [-0.2, 0) is 4.79 Å². The van der Waals surface area contributed by atoms with E-state index in [0.29, 0.717) is 26.2 Å². The maximum atomic E-state index is 12.2. The van der Waals surface area contributed by atoms with Gasteiger partial charge in [-0.2, -0.15) is 0 Å². The number of halogens is 2. The third-order valence-corrected chi connectivity index (χ3v) is 3.77. The zero-order valence-corrected chi connectivity index (χ0v) is 10.6. The number of piperazine rings is 1. The molecule has 1 amide bonds. The maximum absolute atomic E-state index is 12.2. The lowest BCUT2D eigenvalue weighted by Gasteiger charge is -2.37. The number of carbonyl (C=O) groups excluding carboxylic acids is 1. The second-order valence-corrected chi connectivity index (χ2v) is 5.04. The van der Waals surface area contributed by atoms with Crippen LogP contribution >= 0.6 is 0 Å². The van der Waals surface area contributed by atoms with E-state index in [0.717, 1.165) is 25.9 Å². The SMILES string of the molecule is O=C(C1CCNCC1)N1CCN(CC(F)F)CC1. The third kappa shape index (κ3) is 3.62. The molecule has 2 rings (SSSR count). The standard InChI is InChI=1S/C12H21F2N3O/c13-11(14)9-16-5-7-17(8-6-16)12(18)10-1-3-15-4-2-10/h10-11,15H,1-9H2. The Morgan fingerprint density at radius 2 is 1.78 bits per heavy atom. The van der Waals surface area contributed by atoms with Gasteiger partial charge in [0.2, 0.25) is 5.91 Å². The van der Waals surface area contributed by atoms with Crippen molar-refractivity contribution in [1.82, 2.24) is 15.1 Å². The summed E-state index contributed by atoms with van der Waals surface area (Å²) in [6.45, 7) is 3.96. The van der Waals surface area contributed by atoms with Gasteiger partial charge >= 0.3 is 0 Å². The lowest BCUT2D eigenvalue weighted by Crippen LogP contribution is -2.52. The number of nitrogens with zero attached hydrogens (tertiary/aromatic N) is 2. The Balaban J connectivity index is 1.76.